The lowest BCUT2D eigenvalue weighted by Crippen LogP contribution is -2.33. The van der Waals surface area contributed by atoms with E-state index in [0.717, 1.165) is 5.92 Å². The molecular weight excluding hydrogens is 242 g/mol. The first-order chi connectivity index (χ1) is 9.67. The Labute approximate surface area is 124 Å². The third-order valence-electron chi connectivity index (χ3n) is 5.54. The quantitative estimate of drug-likeness (QED) is 0.815. The molecule has 110 valence electrons. The van der Waals surface area contributed by atoms with Gasteiger partial charge in [-0.15, -0.1) is 0 Å². The highest BCUT2D eigenvalue weighted by atomic mass is 14.9. The van der Waals surface area contributed by atoms with Gasteiger partial charge in [-0.2, -0.15) is 0 Å². The molecule has 1 aromatic rings. The molecule has 3 rings (SSSR count). The van der Waals surface area contributed by atoms with E-state index in [1.807, 2.05) is 0 Å². The van der Waals surface area contributed by atoms with Crippen LogP contribution in [0.4, 0.5) is 0 Å². The zero-order chi connectivity index (χ0) is 14.0. The van der Waals surface area contributed by atoms with Crippen molar-refractivity contribution in [1.82, 2.24) is 5.32 Å². The summed E-state index contributed by atoms with van der Waals surface area (Å²) in [5, 5.41) is 3.84. The number of benzene rings is 1. The van der Waals surface area contributed by atoms with Crippen LogP contribution < -0.4 is 5.32 Å². The topological polar surface area (TPSA) is 12.0 Å². The van der Waals surface area contributed by atoms with Crippen LogP contribution >= 0.6 is 0 Å². The van der Waals surface area contributed by atoms with Gasteiger partial charge in [0.25, 0.3) is 0 Å². The zero-order valence-electron chi connectivity index (χ0n) is 13.1. The zero-order valence-corrected chi connectivity index (χ0v) is 13.1. The van der Waals surface area contributed by atoms with Crippen LogP contribution in [0.1, 0.15) is 76.0 Å². The molecule has 1 saturated carbocycles. The Morgan fingerprint density at radius 3 is 2.65 bits per heavy atom. The lowest BCUT2D eigenvalue weighted by molar-refractivity contribution is 0.348. The second-order valence-electron chi connectivity index (χ2n) is 7.46. The molecule has 1 N–H and O–H groups in total. The predicted molar refractivity (Wildman–Crippen MR) is 86.0 cm³/mol. The number of hydrogen-bond acceptors (Lipinski definition) is 1. The van der Waals surface area contributed by atoms with E-state index in [9.17, 15) is 0 Å². The van der Waals surface area contributed by atoms with Crippen molar-refractivity contribution in [3.8, 4) is 0 Å². The van der Waals surface area contributed by atoms with E-state index < -0.39 is 0 Å². The summed E-state index contributed by atoms with van der Waals surface area (Å²) in [4.78, 5) is 0. The molecule has 1 nitrogen and oxygen atoms in total. The third-order valence-corrected chi connectivity index (χ3v) is 5.54. The van der Waals surface area contributed by atoms with Crippen molar-refractivity contribution in [3.63, 3.8) is 0 Å². The van der Waals surface area contributed by atoms with Gasteiger partial charge in [-0.1, -0.05) is 63.8 Å². The molecule has 0 aliphatic heterocycles. The minimum Gasteiger partial charge on any atom is -0.310 e. The molecule has 2 aliphatic carbocycles. The van der Waals surface area contributed by atoms with Crippen LogP contribution in [0, 0.1) is 5.92 Å². The summed E-state index contributed by atoms with van der Waals surface area (Å²) in [5.74, 6) is 0.998. The highest BCUT2D eigenvalue weighted by Crippen LogP contribution is 2.41. The predicted octanol–water partition coefficient (Wildman–Crippen LogP) is 4.97. The Morgan fingerprint density at radius 1 is 1.10 bits per heavy atom. The van der Waals surface area contributed by atoms with Crippen molar-refractivity contribution < 1.29 is 0 Å². The average Bonchev–Trinajstić information content (AvgIpc) is 2.95. The summed E-state index contributed by atoms with van der Waals surface area (Å²) in [7, 11) is 0. The Hall–Kier alpha value is -0.820. The maximum Gasteiger partial charge on any atom is 0.0323 e. The van der Waals surface area contributed by atoms with Gasteiger partial charge in [-0.25, -0.2) is 0 Å². The molecule has 2 aliphatic rings. The van der Waals surface area contributed by atoms with Gasteiger partial charge in [0, 0.05) is 6.04 Å². The lowest BCUT2D eigenvalue weighted by atomic mass is 9.71. The van der Waals surface area contributed by atoms with Crippen molar-refractivity contribution in [1.29, 1.82) is 0 Å². The fraction of sp³-hybridized carbons (Fsp3) is 0.684. The van der Waals surface area contributed by atoms with Gasteiger partial charge in [0.15, 0.2) is 0 Å². The molecule has 0 spiro atoms. The van der Waals surface area contributed by atoms with Crippen molar-refractivity contribution in [2.24, 2.45) is 5.92 Å². The van der Waals surface area contributed by atoms with Crippen molar-refractivity contribution in [2.45, 2.75) is 70.3 Å². The first-order valence-corrected chi connectivity index (χ1v) is 8.49. The summed E-state index contributed by atoms with van der Waals surface area (Å²) in [6, 6.07) is 9.65. The monoisotopic (exact) mass is 271 g/mol. The maximum absolute atomic E-state index is 3.84. The molecule has 1 atom stereocenters. The van der Waals surface area contributed by atoms with Crippen LogP contribution in [0.2, 0.25) is 0 Å². The highest BCUT2D eigenvalue weighted by molar-refractivity contribution is 5.38. The van der Waals surface area contributed by atoms with E-state index >= 15 is 0 Å². The number of hydrogen-bond donors (Lipinski definition) is 1. The second kappa shape index (κ2) is 5.89. The van der Waals surface area contributed by atoms with E-state index in [4.69, 9.17) is 0 Å². The Balaban J connectivity index is 1.62. The van der Waals surface area contributed by atoms with Gasteiger partial charge in [-0.3, -0.25) is 0 Å². The fourth-order valence-electron chi connectivity index (χ4n) is 4.19. The van der Waals surface area contributed by atoms with Gasteiger partial charge in [0.05, 0.1) is 0 Å². The van der Waals surface area contributed by atoms with Gasteiger partial charge in [0.2, 0.25) is 0 Å². The van der Waals surface area contributed by atoms with Crippen LogP contribution in [0.15, 0.2) is 24.3 Å². The van der Waals surface area contributed by atoms with Crippen molar-refractivity contribution >= 4 is 0 Å². The SMILES string of the molecule is CC1(C)CCC(NCCC2CCCC2)c2ccccc21. The number of fused-ring (bicyclic) bond motifs is 1. The third kappa shape index (κ3) is 2.93. The van der Waals surface area contributed by atoms with Crippen LogP contribution in [0.5, 0.6) is 0 Å². The summed E-state index contributed by atoms with van der Waals surface area (Å²) >= 11 is 0. The van der Waals surface area contributed by atoms with Crippen LogP contribution in [0.25, 0.3) is 0 Å². The number of nitrogens with one attached hydrogen (secondary N) is 1. The smallest absolute Gasteiger partial charge is 0.0323 e. The van der Waals surface area contributed by atoms with E-state index in [-0.39, 0.29) is 0 Å². The Morgan fingerprint density at radius 2 is 1.85 bits per heavy atom. The molecular formula is C19H29N. The molecule has 1 fully saturated rings. The Bertz CT molecular complexity index is 443. The molecule has 1 heteroatoms. The van der Waals surface area contributed by atoms with Crippen LogP contribution in [-0.4, -0.2) is 6.54 Å². The summed E-state index contributed by atoms with van der Waals surface area (Å²) in [5.41, 5.74) is 3.46. The molecule has 0 radical (unpaired) electrons. The largest absolute Gasteiger partial charge is 0.310 e. The normalized spacial score (nSPS) is 25.6. The minimum absolute atomic E-state index is 0.347. The van der Waals surface area contributed by atoms with Crippen molar-refractivity contribution in [2.75, 3.05) is 6.54 Å². The van der Waals surface area contributed by atoms with Gasteiger partial charge < -0.3 is 5.32 Å². The molecule has 0 aromatic heterocycles. The minimum atomic E-state index is 0.347. The Kier molecular flexibility index (Phi) is 4.16. The highest BCUT2D eigenvalue weighted by Gasteiger charge is 2.31. The van der Waals surface area contributed by atoms with E-state index in [1.54, 1.807) is 11.1 Å². The van der Waals surface area contributed by atoms with E-state index in [0.29, 0.717) is 11.5 Å². The van der Waals surface area contributed by atoms with E-state index in [1.165, 1.54) is 51.5 Å². The molecule has 1 aromatic carbocycles. The lowest BCUT2D eigenvalue weighted by Gasteiger charge is -2.37. The van der Waals surface area contributed by atoms with Crippen LogP contribution in [0.3, 0.4) is 0 Å². The molecule has 0 amide bonds. The molecule has 0 saturated heterocycles. The first kappa shape index (κ1) is 14.1. The summed E-state index contributed by atoms with van der Waals surface area (Å²) in [6.45, 7) is 5.98. The fourth-order valence-corrected chi connectivity index (χ4v) is 4.19. The summed E-state index contributed by atoms with van der Waals surface area (Å²) in [6.07, 6.45) is 9.82. The molecule has 0 heterocycles. The van der Waals surface area contributed by atoms with Gasteiger partial charge >= 0.3 is 0 Å². The maximum atomic E-state index is 3.84. The van der Waals surface area contributed by atoms with Gasteiger partial charge in [0.1, 0.15) is 0 Å². The first-order valence-electron chi connectivity index (χ1n) is 8.49. The van der Waals surface area contributed by atoms with Crippen molar-refractivity contribution in [3.05, 3.63) is 35.4 Å². The van der Waals surface area contributed by atoms with Crippen LogP contribution in [-0.2, 0) is 5.41 Å². The molecule has 0 bridgehead atoms. The summed E-state index contributed by atoms with van der Waals surface area (Å²) < 4.78 is 0. The van der Waals surface area contributed by atoms with Gasteiger partial charge in [-0.05, 0) is 48.3 Å². The standard InChI is InChI=1S/C19H29N/c1-19(2)13-11-18(16-9-5-6-10-17(16)19)20-14-12-15-7-3-4-8-15/h5-6,9-10,15,18,20H,3-4,7-8,11-14H2,1-2H3. The van der Waals surface area contributed by atoms with E-state index in [2.05, 4.69) is 43.4 Å². The molecule has 20 heavy (non-hydrogen) atoms. The average molecular weight is 271 g/mol. The number of rotatable bonds is 4. The second-order valence-corrected chi connectivity index (χ2v) is 7.46. The molecule has 1 unspecified atom stereocenters.